The van der Waals surface area contributed by atoms with Crippen LogP contribution in [-0.2, 0) is 11.2 Å². The van der Waals surface area contributed by atoms with E-state index in [2.05, 4.69) is 27.4 Å². The molecule has 1 fully saturated rings. The number of aliphatic imine (C=N–C) groups is 1. The molecule has 1 amide bonds. The van der Waals surface area contributed by atoms with Crippen molar-refractivity contribution in [3.8, 4) is 0 Å². The summed E-state index contributed by atoms with van der Waals surface area (Å²) >= 11 is 6.15. The minimum Gasteiger partial charge on any atom is -0.361 e. The molecule has 0 spiro atoms. The summed E-state index contributed by atoms with van der Waals surface area (Å²) in [7, 11) is 3.61. The highest BCUT2D eigenvalue weighted by Gasteiger charge is 2.22. The number of nitrogens with one attached hydrogen (secondary N) is 3. The second-order valence-corrected chi connectivity index (χ2v) is 8.43. The molecule has 0 unspecified atom stereocenters. The van der Waals surface area contributed by atoms with E-state index < -0.39 is 0 Å². The van der Waals surface area contributed by atoms with E-state index in [9.17, 15) is 4.79 Å². The molecule has 1 saturated heterocycles. The summed E-state index contributed by atoms with van der Waals surface area (Å²) in [4.78, 5) is 23.9. The minimum absolute atomic E-state index is 0. The number of rotatable bonds is 7. The van der Waals surface area contributed by atoms with E-state index >= 15 is 0 Å². The topological polar surface area (TPSA) is 75.8 Å². The number of benzene rings is 1. The van der Waals surface area contributed by atoms with Gasteiger partial charge >= 0.3 is 0 Å². The largest absolute Gasteiger partial charge is 0.361 e. The van der Waals surface area contributed by atoms with Crippen molar-refractivity contribution in [2.45, 2.75) is 32.2 Å². The highest BCUT2D eigenvalue weighted by Crippen LogP contribution is 2.22. The number of halogens is 2. The Kier molecular flexibility index (Phi) is 10.4. The van der Waals surface area contributed by atoms with Gasteiger partial charge in [0.1, 0.15) is 0 Å². The van der Waals surface area contributed by atoms with E-state index in [1.54, 1.807) is 19.0 Å². The van der Waals surface area contributed by atoms with Crippen LogP contribution in [0.1, 0.15) is 25.3 Å². The molecular formula is C22H34ClIN6O. The quantitative estimate of drug-likeness (QED) is 0.276. The zero-order valence-electron chi connectivity index (χ0n) is 18.6. The number of guanidine groups is 1. The number of aromatic amines is 1. The molecule has 7 nitrogen and oxygen atoms in total. The number of carbonyl (C=O) groups is 1. The van der Waals surface area contributed by atoms with Crippen molar-refractivity contribution in [1.82, 2.24) is 25.4 Å². The summed E-state index contributed by atoms with van der Waals surface area (Å²) in [5, 5.41) is 8.83. The minimum atomic E-state index is 0. The summed E-state index contributed by atoms with van der Waals surface area (Å²) in [6.45, 7) is 5.95. The van der Waals surface area contributed by atoms with E-state index in [0.717, 1.165) is 60.8 Å². The van der Waals surface area contributed by atoms with Gasteiger partial charge in [-0.05, 0) is 49.9 Å². The van der Waals surface area contributed by atoms with Gasteiger partial charge in [0, 0.05) is 68.4 Å². The Morgan fingerprint density at radius 1 is 1.32 bits per heavy atom. The Bertz CT molecular complexity index is 876. The Hall–Kier alpha value is -1.52. The predicted molar refractivity (Wildman–Crippen MR) is 140 cm³/mol. The second kappa shape index (κ2) is 12.5. The van der Waals surface area contributed by atoms with Crippen LogP contribution in [0.15, 0.2) is 29.4 Å². The molecule has 0 radical (unpaired) electrons. The monoisotopic (exact) mass is 560 g/mol. The molecule has 1 aliphatic heterocycles. The van der Waals surface area contributed by atoms with Gasteiger partial charge in [-0.1, -0.05) is 11.6 Å². The molecule has 172 valence electrons. The van der Waals surface area contributed by atoms with Gasteiger partial charge in [0.25, 0.3) is 0 Å². The average molecular weight is 561 g/mol. The number of hydrogen-bond donors (Lipinski definition) is 3. The van der Waals surface area contributed by atoms with Crippen LogP contribution in [0.5, 0.6) is 0 Å². The van der Waals surface area contributed by atoms with Gasteiger partial charge in [-0.3, -0.25) is 14.7 Å². The summed E-state index contributed by atoms with van der Waals surface area (Å²) in [6.07, 6.45) is 4.90. The highest BCUT2D eigenvalue weighted by atomic mass is 127. The molecule has 0 atom stereocenters. The maximum absolute atomic E-state index is 11.9. The van der Waals surface area contributed by atoms with E-state index in [4.69, 9.17) is 16.6 Å². The third kappa shape index (κ3) is 7.54. The predicted octanol–water partition coefficient (Wildman–Crippen LogP) is 3.09. The summed E-state index contributed by atoms with van der Waals surface area (Å²) in [6, 6.07) is 6.29. The zero-order valence-corrected chi connectivity index (χ0v) is 21.7. The Morgan fingerprint density at radius 2 is 2.06 bits per heavy atom. The average Bonchev–Trinajstić information content (AvgIpc) is 3.11. The number of H-pyrrole nitrogens is 1. The number of amides is 1. The fourth-order valence-corrected chi connectivity index (χ4v) is 3.90. The molecule has 9 heteroatoms. The third-order valence-corrected chi connectivity index (χ3v) is 5.75. The van der Waals surface area contributed by atoms with Crippen LogP contribution in [0.2, 0.25) is 5.02 Å². The fourth-order valence-electron chi connectivity index (χ4n) is 3.73. The summed E-state index contributed by atoms with van der Waals surface area (Å²) in [5.41, 5.74) is 2.33. The standard InChI is InChI=1S/C22H33ClN6O.HI/c1-4-24-22(27-18-8-11-29(12-9-18)15-21(30)28(2)3)25-10-7-16-14-26-20-6-5-17(23)13-19(16)20;/h5-6,13-14,18,26H,4,7-12,15H2,1-3H3,(H2,24,25,27);1H. The molecule has 1 aliphatic rings. The Balaban J connectivity index is 0.00000341. The molecule has 3 rings (SSSR count). The number of carbonyl (C=O) groups excluding carboxylic acids is 1. The lowest BCUT2D eigenvalue weighted by atomic mass is 10.1. The van der Waals surface area contributed by atoms with Gasteiger partial charge in [0.05, 0.1) is 6.54 Å². The number of nitrogens with zero attached hydrogens (tertiary/aromatic N) is 3. The normalized spacial score (nSPS) is 15.5. The molecule has 1 aromatic carbocycles. The van der Waals surface area contributed by atoms with Crippen LogP contribution in [0.3, 0.4) is 0 Å². The Labute approximate surface area is 207 Å². The van der Waals surface area contributed by atoms with Crippen LogP contribution in [0.25, 0.3) is 10.9 Å². The van der Waals surface area contributed by atoms with Crippen LogP contribution < -0.4 is 10.6 Å². The maximum Gasteiger partial charge on any atom is 0.236 e. The molecule has 31 heavy (non-hydrogen) atoms. The van der Waals surface area contributed by atoms with Crippen molar-refractivity contribution in [3.05, 3.63) is 35.0 Å². The second-order valence-electron chi connectivity index (χ2n) is 8.00. The first-order valence-electron chi connectivity index (χ1n) is 10.7. The number of aromatic nitrogens is 1. The fraction of sp³-hybridized carbons (Fsp3) is 0.545. The highest BCUT2D eigenvalue weighted by molar-refractivity contribution is 14.0. The van der Waals surface area contributed by atoms with Crippen LogP contribution in [-0.4, -0.2) is 79.5 Å². The number of likely N-dealkylation sites (tertiary alicyclic amines) is 1. The molecule has 2 heterocycles. The third-order valence-electron chi connectivity index (χ3n) is 5.51. The molecule has 0 saturated carbocycles. The van der Waals surface area contributed by atoms with Crippen molar-refractivity contribution in [2.75, 3.05) is 46.8 Å². The van der Waals surface area contributed by atoms with Gasteiger partial charge in [-0.2, -0.15) is 0 Å². The van der Waals surface area contributed by atoms with Crippen molar-refractivity contribution in [2.24, 2.45) is 4.99 Å². The van der Waals surface area contributed by atoms with Crippen molar-refractivity contribution in [1.29, 1.82) is 0 Å². The molecular weight excluding hydrogens is 527 g/mol. The van der Waals surface area contributed by atoms with Crippen molar-refractivity contribution in [3.63, 3.8) is 0 Å². The van der Waals surface area contributed by atoms with E-state index in [1.165, 1.54) is 5.56 Å². The molecule has 0 aliphatic carbocycles. The van der Waals surface area contributed by atoms with Crippen LogP contribution in [0.4, 0.5) is 0 Å². The molecule has 3 N–H and O–H groups in total. The number of piperidine rings is 1. The molecule has 0 bridgehead atoms. The first-order chi connectivity index (χ1) is 14.5. The number of fused-ring (bicyclic) bond motifs is 1. The lowest BCUT2D eigenvalue weighted by Crippen LogP contribution is -2.50. The Morgan fingerprint density at radius 3 is 2.74 bits per heavy atom. The number of likely N-dealkylation sites (N-methyl/N-ethyl adjacent to an activating group) is 1. The van der Waals surface area contributed by atoms with E-state index in [1.807, 2.05) is 24.4 Å². The van der Waals surface area contributed by atoms with Crippen molar-refractivity contribution < 1.29 is 4.79 Å². The first kappa shape index (κ1) is 25.7. The maximum atomic E-state index is 11.9. The zero-order chi connectivity index (χ0) is 21.5. The van der Waals surface area contributed by atoms with Gasteiger partial charge in [-0.15, -0.1) is 24.0 Å². The van der Waals surface area contributed by atoms with Gasteiger partial charge < -0.3 is 20.5 Å². The van der Waals surface area contributed by atoms with E-state index in [-0.39, 0.29) is 29.9 Å². The lowest BCUT2D eigenvalue weighted by molar-refractivity contribution is -0.130. The lowest BCUT2D eigenvalue weighted by Gasteiger charge is -2.33. The first-order valence-corrected chi connectivity index (χ1v) is 11.1. The van der Waals surface area contributed by atoms with Crippen LogP contribution >= 0.6 is 35.6 Å². The van der Waals surface area contributed by atoms with Crippen molar-refractivity contribution >= 4 is 58.3 Å². The molecule has 2 aromatic rings. The van der Waals surface area contributed by atoms with E-state index in [0.29, 0.717) is 19.1 Å². The summed E-state index contributed by atoms with van der Waals surface area (Å²) in [5.74, 6) is 1.02. The van der Waals surface area contributed by atoms with Gasteiger partial charge in [0.2, 0.25) is 5.91 Å². The van der Waals surface area contributed by atoms with Gasteiger partial charge in [-0.25, -0.2) is 0 Å². The van der Waals surface area contributed by atoms with Gasteiger partial charge in [0.15, 0.2) is 5.96 Å². The van der Waals surface area contributed by atoms with Crippen LogP contribution in [0, 0.1) is 0 Å². The SMILES string of the molecule is CCNC(=NCCc1c[nH]c2ccc(Cl)cc12)NC1CCN(CC(=O)N(C)C)CC1.I. The summed E-state index contributed by atoms with van der Waals surface area (Å²) < 4.78 is 0. The number of hydrogen-bond acceptors (Lipinski definition) is 3. The molecule has 1 aromatic heterocycles. The smallest absolute Gasteiger partial charge is 0.236 e.